The van der Waals surface area contributed by atoms with Crippen LogP contribution in [0.15, 0.2) is 29.4 Å². The number of benzene rings is 1. The smallest absolute Gasteiger partial charge is 0.214 e. The van der Waals surface area contributed by atoms with Crippen molar-refractivity contribution in [1.82, 2.24) is 0 Å². The van der Waals surface area contributed by atoms with E-state index < -0.39 is 15.8 Å². The van der Waals surface area contributed by atoms with Crippen LogP contribution in [0.5, 0.6) is 5.75 Å². The number of primary sulfonamides is 1. The Morgan fingerprint density at radius 1 is 1.40 bits per heavy atom. The number of phenols is 1. The first-order valence-electron chi connectivity index (χ1n) is 3.94. The van der Waals surface area contributed by atoms with Crippen molar-refractivity contribution in [1.29, 1.82) is 0 Å². The van der Waals surface area contributed by atoms with Gasteiger partial charge in [-0.2, -0.15) is 0 Å². The van der Waals surface area contributed by atoms with Crippen molar-refractivity contribution in [2.75, 3.05) is 5.75 Å². The second kappa shape index (κ2) is 4.28. The maximum atomic E-state index is 10.8. The number of phenolic OH excluding ortho intramolecular Hbond substituents is 1. The number of hydrogen-bond donors (Lipinski definition) is 3. The Hall–Kier alpha value is -1.60. The number of para-hydroxylation sites is 1. The van der Waals surface area contributed by atoms with Crippen LogP contribution in [0.1, 0.15) is 5.56 Å². The number of aromatic hydroxyl groups is 1. The van der Waals surface area contributed by atoms with E-state index in [4.69, 9.17) is 10.3 Å². The molecule has 0 amide bonds. The van der Waals surface area contributed by atoms with Crippen molar-refractivity contribution in [2.45, 2.75) is 0 Å². The zero-order chi connectivity index (χ0) is 11.5. The number of nitrogens with two attached hydrogens (primary N) is 1. The van der Waals surface area contributed by atoms with Gasteiger partial charge in [0.15, 0.2) is 0 Å². The van der Waals surface area contributed by atoms with E-state index in [9.17, 15) is 13.5 Å². The molecule has 6 nitrogen and oxygen atoms in total. The quantitative estimate of drug-likeness (QED) is 0.381. The fourth-order valence-corrected chi connectivity index (χ4v) is 1.66. The predicted molar refractivity (Wildman–Crippen MR) is 54.4 cm³/mol. The number of hydrogen-bond acceptors (Lipinski definition) is 5. The molecule has 0 unspecified atom stereocenters. The third-order valence-electron chi connectivity index (χ3n) is 1.67. The highest BCUT2D eigenvalue weighted by Gasteiger charge is 2.15. The van der Waals surface area contributed by atoms with Gasteiger partial charge in [-0.15, -0.1) is 0 Å². The second-order valence-electron chi connectivity index (χ2n) is 2.87. The van der Waals surface area contributed by atoms with E-state index in [0.29, 0.717) is 0 Å². The van der Waals surface area contributed by atoms with Crippen molar-refractivity contribution < 1.29 is 18.7 Å². The maximum absolute atomic E-state index is 10.8. The molecule has 0 spiro atoms. The van der Waals surface area contributed by atoms with E-state index in [0.717, 1.165) is 0 Å². The Morgan fingerprint density at radius 2 is 2.00 bits per heavy atom. The van der Waals surface area contributed by atoms with Crippen LogP contribution in [0.4, 0.5) is 0 Å². The Labute approximate surface area is 86.7 Å². The molecule has 0 saturated carbocycles. The molecule has 1 aromatic rings. The summed E-state index contributed by atoms with van der Waals surface area (Å²) in [5.41, 5.74) is -0.0652. The Kier molecular flexibility index (Phi) is 3.28. The minimum atomic E-state index is -3.80. The van der Waals surface area contributed by atoms with E-state index in [-0.39, 0.29) is 17.0 Å². The summed E-state index contributed by atoms with van der Waals surface area (Å²) in [6, 6.07) is 5.91. The molecular formula is C8H10N2O4S. The standard InChI is InChI=1S/C8H10N2O4S/c9-15(13,14)5-7(10-12)6-3-1-2-4-8(6)11/h1-4,11-12H,5H2,(H2,9,13,14)/b10-7+. The van der Waals surface area contributed by atoms with Crippen LogP contribution < -0.4 is 5.14 Å². The summed E-state index contributed by atoms with van der Waals surface area (Å²) < 4.78 is 21.6. The van der Waals surface area contributed by atoms with E-state index >= 15 is 0 Å². The fourth-order valence-electron chi connectivity index (χ4n) is 1.07. The van der Waals surface area contributed by atoms with Crippen LogP contribution in [0.25, 0.3) is 0 Å². The molecule has 7 heteroatoms. The molecule has 1 rings (SSSR count). The summed E-state index contributed by atoms with van der Waals surface area (Å²) in [7, 11) is -3.80. The lowest BCUT2D eigenvalue weighted by molar-refractivity contribution is 0.319. The van der Waals surface area contributed by atoms with E-state index in [1.54, 1.807) is 12.1 Å². The molecule has 0 aliphatic carbocycles. The molecule has 1 aromatic carbocycles. The van der Waals surface area contributed by atoms with E-state index in [1.807, 2.05) is 0 Å². The molecule has 4 N–H and O–H groups in total. The molecule has 0 aliphatic rings. The summed E-state index contributed by atoms with van der Waals surface area (Å²) in [6.45, 7) is 0. The molecular weight excluding hydrogens is 220 g/mol. The first kappa shape index (κ1) is 11.5. The first-order chi connectivity index (χ1) is 6.94. The number of oxime groups is 1. The van der Waals surface area contributed by atoms with Crippen molar-refractivity contribution in [3.8, 4) is 5.75 Å². The predicted octanol–water partition coefficient (Wildman–Crippen LogP) is -0.141. The molecule has 0 saturated heterocycles. The lowest BCUT2D eigenvalue weighted by Gasteiger charge is -2.04. The highest BCUT2D eigenvalue weighted by Crippen LogP contribution is 2.16. The Bertz CT molecular complexity index is 481. The molecule has 0 atom stereocenters. The van der Waals surface area contributed by atoms with Gasteiger partial charge in [-0.1, -0.05) is 17.3 Å². The van der Waals surface area contributed by atoms with E-state index in [2.05, 4.69) is 5.16 Å². The topological polar surface area (TPSA) is 113 Å². The van der Waals surface area contributed by atoms with Gasteiger partial charge in [-0.05, 0) is 12.1 Å². The Morgan fingerprint density at radius 3 is 2.47 bits per heavy atom. The summed E-state index contributed by atoms with van der Waals surface area (Å²) in [4.78, 5) is 0. The van der Waals surface area contributed by atoms with Crippen molar-refractivity contribution in [2.24, 2.45) is 10.3 Å². The number of rotatable bonds is 3. The highest BCUT2D eigenvalue weighted by molar-refractivity contribution is 7.89. The molecule has 0 fully saturated rings. The van der Waals surface area contributed by atoms with Crippen LogP contribution in [0.3, 0.4) is 0 Å². The van der Waals surface area contributed by atoms with Gasteiger partial charge in [-0.25, -0.2) is 13.6 Å². The van der Waals surface area contributed by atoms with Gasteiger partial charge < -0.3 is 10.3 Å². The van der Waals surface area contributed by atoms with Gasteiger partial charge in [0.05, 0.1) is 0 Å². The molecule has 0 heterocycles. The molecule has 82 valence electrons. The van der Waals surface area contributed by atoms with Crippen molar-refractivity contribution in [3.63, 3.8) is 0 Å². The largest absolute Gasteiger partial charge is 0.507 e. The average molecular weight is 230 g/mol. The normalized spacial score (nSPS) is 12.7. The number of sulfonamides is 1. The minimum absolute atomic E-state index is 0.133. The van der Waals surface area contributed by atoms with Gasteiger partial charge in [0, 0.05) is 5.56 Å². The van der Waals surface area contributed by atoms with Crippen LogP contribution in [0.2, 0.25) is 0 Å². The van der Waals surface area contributed by atoms with Gasteiger partial charge in [-0.3, -0.25) is 0 Å². The third-order valence-corrected chi connectivity index (χ3v) is 2.35. The van der Waals surface area contributed by atoms with Crippen LogP contribution in [0, 0.1) is 0 Å². The first-order valence-corrected chi connectivity index (χ1v) is 5.65. The van der Waals surface area contributed by atoms with Gasteiger partial charge >= 0.3 is 0 Å². The summed E-state index contributed by atoms with van der Waals surface area (Å²) in [6.07, 6.45) is 0. The highest BCUT2D eigenvalue weighted by atomic mass is 32.2. The summed E-state index contributed by atoms with van der Waals surface area (Å²) in [5.74, 6) is -0.810. The van der Waals surface area contributed by atoms with Gasteiger partial charge in [0.1, 0.15) is 17.2 Å². The SMILES string of the molecule is NS(=O)(=O)C/C(=N\O)c1ccccc1O. The fraction of sp³-hybridized carbons (Fsp3) is 0.125. The summed E-state index contributed by atoms with van der Waals surface area (Å²) in [5, 5.41) is 25.6. The zero-order valence-corrected chi connectivity index (χ0v) is 8.48. The molecule has 0 aliphatic heterocycles. The van der Waals surface area contributed by atoms with Crippen LogP contribution in [-0.2, 0) is 10.0 Å². The lowest BCUT2D eigenvalue weighted by atomic mass is 10.1. The minimum Gasteiger partial charge on any atom is -0.507 e. The Balaban J connectivity index is 3.11. The van der Waals surface area contributed by atoms with Crippen molar-refractivity contribution in [3.05, 3.63) is 29.8 Å². The summed E-state index contributed by atoms with van der Waals surface area (Å²) >= 11 is 0. The average Bonchev–Trinajstić information content (AvgIpc) is 2.14. The molecule has 0 bridgehead atoms. The molecule has 15 heavy (non-hydrogen) atoms. The second-order valence-corrected chi connectivity index (χ2v) is 4.49. The lowest BCUT2D eigenvalue weighted by Crippen LogP contribution is -2.23. The number of nitrogens with zero attached hydrogens (tertiary/aromatic N) is 1. The van der Waals surface area contributed by atoms with Gasteiger partial charge in [0.2, 0.25) is 10.0 Å². The van der Waals surface area contributed by atoms with Crippen LogP contribution >= 0.6 is 0 Å². The van der Waals surface area contributed by atoms with Crippen LogP contribution in [-0.4, -0.2) is 30.2 Å². The molecule has 0 radical (unpaired) electrons. The van der Waals surface area contributed by atoms with Crippen molar-refractivity contribution >= 4 is 15.7 Å². The van der Waals surface area contributed by atoms with Gasteiger partial charge in [0.25, 0.3) is 0 Å². The molecule has 0 aromatic heterocycles. The van der Waals surface area contributed by atoms with E-state index in [1.165, 1.54) is 12.1 Å². The maximum Gasteiger partial charge on any atom is 0.214 e. The zero-order valence-electron chi connectivity index (χ0n) is 7.66. The third kappa shape index (κ3) is 3.22. The monoisotopic (exact) mass is 230 g/mol.